The van der Waals surface area contributed by atoms with Crippen LogP contribution in [-0.2, 0) is 19.9 Å². The Hall–Kier alpha value is -3.90. The highest BCUT2D eigenvalue weighted by atomic mass is 16.3. The number of pyridine rings is 1. The van der Waals surface area contributed by atoms with Gasteiger partial charge in [0, 0.05) is 22.9 Å². The number of nitrogens with zero attached hydrogens (tertiary/aromatic N) is 2. The summed E-state index contributed by atoms with van der Waals surface area (Å²) in [5, 5.41) is 12.1. The van der Waals surface area contributed by atoms with Gasteiger partial charge in [-0.05, 0) is 71.2 Å². The second kappa shape index (κ2) is 7.30. The number of hydrogen-bond acceptors (Lipinski definition) is 2. The quantitative estimate of drug-likeness (QED) is 0.274. The van der Waals surface area contributed by atoms with Crippen LogP contribution in [0.1, 0.15) is 36.1 Å². The summed E-state index contributed by atoms with van der Waals surface area (Å²) in [5.41, 5.74) is 10.8. The molecule has 0 radical (unpaired) electrons. The molecule has 0 saturated carbocycles. The first-order valence-corrected chi connectivity index (χ1v) is 11.8. The molecule has 1 aliphatic carbocycles. The van der Waals surface area contributed by atoms with Gasteiger partial charge >= 0.3 is 0 Å². The molecule has 6 rings (SSSR count). The Morgan fingerprint density at radius 3 is 2.50 bits per heavy atom. The van der Waals surface area contributed by atoms with Crippen LogP contribution in [0.5, 0.6) is 0 Å². The van der Waals surface area contributed by atoms with Crippen LogP contribution < -0.4 is 4.57 Å². The summed E-state index contributed by atoms with van der Waals surface area (Å²) in [6.45, 7) is 6.77. The second-order valence-electron chi connectivity index (χ2n) is 10.4. The molecule has 0 saturated heterocycles. The lowest BCUT2D eigenvalue weighted by Crippen LogP contribution is -2.30. The van der Waals surface area contributed by atoms with E-state index in [0.717, 1.165) is 57.1 Å². The molecule has 0 atom stereocenters. The van der Waals surface area contributed by atoms with Crippen LogP contribution in [0.25, 0.3) is 44.3 Å². The van der Waals surface area contributed by atoms with Crippen LogP contribution in [0.15, 0.2) is 71.3 Å². The largest absolute Gasteiger partial charge is 0.454 e. The summed E-state index contributed by atoms with van der Waals surface area (Å²) < 4.78 is 8.56. The minimum absolute atomic E-state index is 0.311. The molecular formula is C31H27N2O+. The molecular weight excluding hydrogens is 416 g/mol. The van der Waals surface area contributed by atoms with E-state index in [-0.39, 0.29) is 0 Å². The van der Waals surface area contributed by atoms with Crippen molar-refractivity contribution < 1.29 is 8.98 Å². The number of aryl methyl sites for hydroxylation is 2. The monoisotopic (exact) mass is 443 g/mol. The van der Waals surface area contributed by atoms with Crippen molar-refractivity contribution in [2.24, 2.45) is 12.5 Å². The molecule has 1 aliphatic rings. The third kappa shape index (κ3) is 3.14. The summed E-state index contributed by atoms with van der Waals surface area (Å²) in [4.78, 5) is 0. The van der Waals surface area contributed by atoms with Crippen LogP contribution >= 0.6 is 0 Å². The molecule has 3 heteroatoms. The van der Waals surface area contributed by atoms with Crippen molar-refractivity contribution in [1.82, 2.24) is 0 Å². The van der Waals surface area contributed by atoms with E-state index < -0.39 is 0 Å². The number of benzene rings is 3. The zero-order valence-electron chi connectivity index (χ0n) is 20.1. The standard InChI is InChI=1S/C31H27N2O/c1-19-8-11-25-26-15-22(20-9-10-21-16-31(2,3)17-23(21)13-20)14-24(18-32)29(26)34-30(25)28(19)27-7-5-6-12-33(27)4/h5-15H,16-17H2,1-4H3/q+1. The fourth-order valence-electron chi connectivity index (χ4n) is 5.63. The normalized spacial score (nSPS) is 14.4. The summed E-state index contributed by atoms with van der Waals surface area (Å²) in [7, 11) is 2.05. The molecule has 0 aliphatic heterocycles. The molecule has 2 heterocycles. The summed E-state index contributed by atoms with van der Waals surface area (Å²) >= 11 is 0. The number of nitriles is 1. The number of fused-ring (bicyclic) bond motifs is 4. The third-order valence-electron chi connectivity index (χ3n) is 7.26. The molecule has 0 spiro atoms. The highest BCUT2D eigenvalue weighted by Crippen LogP contribution is 2.41. The van der Waals surface area contributed by atoms with Crippen molar-refractivity contribution in [1.29, 1.82) is 5.26 Å². The maximum absolute atomic E-state index is 10.0. The zero-order valence-corrected chi connectivity index (χ0v) is 20.1. The van der Waals surface area contributed by atoms with Gasteiger partial charge in [-0.3, -0.25) is 0 Å². The molecule has 0 unspecified atom stereocenters. The van der Waals surface area contributed by atoms with Crippen molar-refractivity contribution >= 4 is 21.9 Å². The van der Waals surface area contributed by atoms with Crippen LogP contribution in [0.4, 0.5) is 0 Å². The van der Waals surface area contributed by atoms with Crippen molar-refractivity contribution in [3.63, 3.8) is 0 Å². The van der Waals surface area contributed by atoms with Gasteiger partial charge in [0.2, 0.25) is 5.69 Å². The average molecular weight is 444 g/mol. The zero-order chi connectivity index (χ0) is 23.6. The van der Waals surface area contributed by atoms with E-state index in [1.807, 2.05) is 31.4 Å². The highest BCUT2D eigenvalue weighted by Gasteiger charge is 2.28. The Morgan fingerprint density at radius 2 is 1.71 bits per heavy atom. The van der Waals surface area contributed by atoms with Crippen molar-refractivity contribution in [2.45, 2.75) is 33.6 Å². The Balaban J connectivity index is 1.60. The highest BCUT2D eigenvalue weighted by molar-refractivity contribution is 6.12. The Morgan fingerprint density at radius 1 is 0.882 bits per heavy atom. The summed E-state index contributed by atoms with van der Waals surface area (Å²) in [6, 6.07) is 23.8. The molecule has 3 nitrogen and oxygen atoms in total. The maximum atomic E-state index is 10.0. The molecule has 2 aromatic heterocycles. The molecule has 0 amide bonds. The third-order valence-corrected chi connectivity index (χ3v) is 7.26. The van der Waals surface area contributed by atoms with E-state index in [0.29, 0.717) is 16.6 Å². The fraction of sp³-hybridized carbons (Fsp3) is 0.226. The van der Waals surface area contributed by atoms with Gasteiger partial charge in [-0.1, -0.05) is 44.2 Å². The predicted molar refractivity (Wildman–Crippen MR) is 136 cm³/mol. The molecule has 0 N–H and O–H groups in total. The first-order valence-electron chi connectivity index (χ1n) is 11.8. The van der Waals surface area contributed by atoms with Gasteiger partial charge in [-0.25, -0.2) is 4.57 Å². The van der Waals surface area contributed by atoms with E-state index in [1.54, 1.807) is 0 Å². The fourth-order valence-corrected chi connectivity index (χ4v) is 5.63. The topological polar surface area (TPSA) is 40.8 Å². The molecule has 5 aromatic rings. The average Bonchev–Trinajstić information content (AvgIpc) is 3.34. The minimum Gasteiger partial charge on any atom is -0.454 e. The van der Waals surface area contributed by atoms with E-state index in [9.17, 15) is 5.26 Å². The first-order chi connectivity index (χ1) is 16.3. The van der Waals surface area contributed by atoms with E-state index in [2.05, 4.69) is 73.9 Å². The first kappa shape index (κ1) is 20.7. The summed E-state index contributed by atoms with van der Waals surface area (Å²) in [5.74, 6) is 0. The number of furan rings is 1. The molecule has 0 bridgehead atoms. The lowest BCUT2D eigenvalue weighted by Gasteiger charge is -2.14. The maximum Gasteiger partial charge on any atom is 0.216 e. The van der Waals surface area contributed by atoms with Gasteiger partial charge in [0.25, 0.3) is 0 Å². The van der Waals surface area contributed by atoms with Crippen LogP contribution in [0.3, 0.4) is 0 Å². The molecule has 34 heavy (non-hydrogen) atoms. The van der Waals surface area contributed by atoms with Crippen LogP contribution in [0, 0.1) is 23.7 Å². The van der Waals surface area contributed by atoms with Crippen LogP contribution in [0.2, 0.25) is 0 Å². The van der Waals surface area contributed by atoms with Crippen molar-refractivity contribution in [2.75, 3.05) is 0 Å². The van der Waals surface area contributed by atoms with Gasteiger partial charge in [0.1, 0.15) is 18.7 Å². The number of aromatic nitrogens is 1. The Bertz CT molecular complexity index is 1660. The van der Waals surface area contributed by atoms with Gasteiger partial charge in [-0.2, -0.15) is 5.26 Å². The SMILES string of the molecule is Cc1ccc2c(oc3c(C#N)cc(-c4ccc5c(c4)CC(C)(C)C5)cc32)c1-c1cccc[n+]1C. The van der Waals surface area contributed by atoms with Crippen molar-refractivity contribution in [3.8, 4) is 28.5 Å². The van der Waals surface area contributed by atoms with Crippen LogP contribution in [-0.4, -0.2) is 0 Å². The lowest BCUT2D eigenvalue weighted by atomic mass is 9.90. The number of hydrogen-bond donors (Lipinski definition) is 0. The Labute approximate surface area is 199 Å². The minimum atomic E-state index is 0.311. The van der Waals surface area contributed by atoms with E-state index >= 15 is 0 Å². The van der Waals surface area contributed by atoms with Gasteiger partial charge in [0.05, 0.1) is 11.1 Å². The lowest BCUT2D eigenvalue weighted by molar-refractivity contribution is -0.660. The van der Waals surface area contributed by atoms with E-state index in [4.69, 9.17) is 4.42 Å². The smallest absolute Gasteiger partial charge is 0.216 e. The van der Waals surface area contributed by atoms with E-state index in [1.165, 1.54) is 11.1 Å². The second-order valence-corrected chi connectivity index (χ2v) is 10.4. The Kier molecular flexibility index (Phi) is 4.44. The van der Waals surface area contributed by atoms with Gasteiger partial charge in [0.15, 0.2) is 11.8 Å². The molecule has 3 aromatic carbocycles. The van der Waals surface area contributed by atoms with Gasteiger partial charge in [-0.15, -0.1) is 0 Å². The molecule has 0 fully saturated rings. The predicted octanol–water partition coefficient (Wildman–Crippen LogP) is 7.05. The van der Waals surface area contributed by atoms with Crippen molar-refractivity contribution in [3.05, 3.63) is 89.1 Å². The summed E-state index contributed by atoms with van der Waals surface area (Å²) in [6.07, 6.45) is 4.26. The number of rotatable bonds is 2. The molecule has 166 valence electrons. The van der Waals surface area contributed by atoms with Gasteiger partial charge < -0.3 is 4.42 Å².